The third-order valence-corrected chi connectivity index (χ3v) is 5.48. The summed E-state index contributed by atoms with van der Waals surface area (Å²) in [5, 5.41) is 2.63. The minimum atomic E-state index is -3.16. The lowest BCUT2D eigenvalue weighted by atomic mass is 9.78. The van der Waals surface area contributed by atoms with Crippen LogP contribution in [-0.4, -0.2) is 35.1 Å². The summed E-state index contributed by atoms with van der Waals surface area (Å²) < 4.78 is 50.0. The van der Waals surface area contributed by atoms with Crippen LogP contribution in [0.1, 0.15) is 42.7 Å². The van der Waals surface area contributed by atoms with Crippen molar-refractivity contribution in [2.45, 2.75) is 45.0 Å². The minimum Gasteiger partial charge on any atom is -0.434 e. The lowest BCUT2D eigenvalue weighted by Crippen LogP contribution is -2.33. The van der Waals surface area contributed by atoms with Crippen molar-refractivity contribution in [2.24, 2.45) is 11.7 Å². The summed E-state index contributed by atoms with van der Waals surface area (Å²) in [6, 6.07) is 6.06. The molecule has 0 bridgehead atoms. The van der Waals surface area contributed by atoms with Crippen molar-refractivity contribution in [1.29, 1.82) is 0 Å². The van der Waals surface area contributed by atoms with Gasteiger partial charge in [-0.2, -0.15) is 8.78 Å². The van der Waals surface area contributed by atoms with Crippen LogP contribution in [0.25, 0.3) is 0 Å². The van der Waals surface area contributed by atoms with Crippen LogP contribution in [0.3, 0.4) is 0 Å². The Morgan fingerprint density at radius 2 is 1.97 bits per heavy atom. The van der Waals surface area contributed by atoms with Crippen LogP contribution in [-0.2, 0) is 9.53 Å². The predicted molar refractivity (Wildman–Crippen MR) is 105 cm³/mol. The molecule has 0 aliphatic carbocycles. The van der Waals surface area contributed by atoms with E-state index in [9.17, 15) is 22.8 Å². The van der Waals surface area contributed by atoms with Gasteiger partial charge in [-0.15, -0.1) is 0 Å². The number of aromatic nitrogens is 1. The van der Waals surface area contributed by atoms with E-state index in [1.807, 2.05) is 6.92 Å². The van der Waals surface area contributed by atoms with Gasteiger partial charge in [0.1, 0.15) is 23.4 Å². The summed E-state index contributed by atoms with van der Waals surface area (Å²) in [4.78, 5) is 28.2. The van der Waals surface area contributed by atoms with Gasteiger partial charge in [-0.25, -0.2) is 4.39 Å². The number of ether oxygens (including phenoxy) is 2. The molecule has 1 fully saturated rings. The zero-order chi connectivity index (χ0) is 22.9. The number of rotatable bonds is 6. The molecule has 2 heterocycles. The first-order chi connectivity index (χ1) is 14.5. The number of hydrogen-bond acceptors (Lipinski definition) is 5. The number of primary amides is 1. The minimum absolute atomic E-state index is 0.0402. The third kappa shape index (κ3) is 4.79. The fourth-order valence-electron chi connectivity index (χ4n) is 3.69. The summed E-state index contributed by atoms with van der Waals surface area (Å²) in [6.07, 6.45) is 0.213. The summed E-state index contributed by atoms with van der Waals surface area (Å²) in [6.45, 7) is 2.19. The number of hydrogen-bond donors (Lipinski definition) is 2. The maximum atomic E-state index is 13.7. The molecule has 1 aliphatic heterocycles. The third-order valence-electron chi connectivity index (χ3n) is 5.48. The highest BCUT2D eigenvalue weighted by Crippen LogP contribution is 2.48. The molecule has 3 N–H and O–H groups in total. The maximum Gasteiger partial charge on any atom is 0.387 e. The van der Waals surface area contributed by atoms with Crippen molar-refractivity contribution in [3.8, 4) is 5.75 Å². The maximum absolute atomic E-state index is 13.7. The normalized spacial score (nSPS) is 22.4. The van der Waals surface area contributed by atoms with E-state index >= 15 is 0 Å². The number of halogens is 3. The average Bonchev–Trinajstić information content (AvgIpc) is 2.91. The molecule has 1 aromatic heterocycles. The molecule has 0 radical (unpaired) electrons. The first kappa shape index (κ1) is 22.5. The molecule has 31 heavy (non-hydrogen) atoms. The van der Waals surface area contributed by atoms with Gasteiger partial charge in [0.25, 0.3) is 11.8 Å². The number of pyridine rings is 1. The number of amides is 2. The Balaban J connectivity index is 1.96. The van der Waals surface area contributed by atoms with Gasteiger partial charge >= 0.3 is 6.61 Å². The standard InChI is InChI=1S/C21H22F3N3O4/c1-10-16(13-5-4-11(22)8-15(13)30-20(23)24)17(31-21(10,2)3)19(29)27-12-6-7-26-14(9-12)18(25)28/h4-10,16-17,20H,1-3H3,(H2,25,28)(H,26,27,29)/t10-,16+,17-/m1/s1. The number of anilines is 1. The SMILES string of the molecule is C[C@@H]1[C@@H](c2ccc(F)cc2OC(F)F)[C@H](C(=O)Nc2ccnc(C(N)=O)c2)OC1(C)C. The first-order valence-electron chi connectivity index (χ1n) is 9.48. The van der Waals surface area contributed by atoms with Crippen LogP contribution in [0.4, 0.5) is 18.9 Å². The second-order valence-electron chi connectivity index (χ2n) is 7.80. The van der Waals surface area contributed by atoms with E-state index in [0.717, 1.165) is 12.1 Å². The van der Waals surface area contributed by atoms with E-state index in [1.54, 1.807) is 13.8 Å². The average molecular weight is 437 g/mol. The molecule has 0 spiro atoms. The van der Waals surface area contributed by atoms with E-state index in [-0.39, 0.29) is 28.6 Å². The number of carbonyl (C=O) groups excluding carboxylic acids is 2. The zero-order valence-corrected chi connectivity index (χ0v) is 17.1. The highest BCUT2D eigenvalue weighted by Gasteiger charge is 2.51. The Labute approximate surface area is 176 Å². The van der Waals surface area contributed by atoms with Crippen molar-refractivity contribution in [1.82, 2.24) is 4.98 Å². The highest BCUT2D eigenvalue weighted by molar-refractivity contribution is 5.97. The van der Waals surface area contributed by atoms with Crippen molar-refractivity contribution in [3.05, 3.63) is 53.6 Å². The van der Waals surface area contributed by atoms with E-state index in [0.29, 0.717) is 0 Å². The number of nitrogens with two attached hydrogens (primary N) is 1. The summed E-state index contributed by atoms with van der Waals surface area (Å²) >= 11 is 0. The molecule has 1 saturated heterocycles. The largest absolute Gasteiger partial charge is 0.434 e. The number of nitrogens with zero attached hydrogens (tertiary/aromatic N) is 1. The van der Waals surface area contributed by atoms with Crippen LogP contribution in [0.2, 0.25) is 0 Å². The van der Waals surface area contributed by atoms with Crippen LogP contribution < -0.4 is 15.8 Å². The number of nitrogens with one attached hydrogen (secondary N) is 1. The Kier molecular flexibility index (Phi) is 6.21. The summed E-state index contributed by atoms with van der Waals surface area (Å²) in [5.74, 6) is -3.46. The Morgan fingerprint density at radius 3 is 2.61 bits per heavy atom. The molecule has 2 amide bonds. The van der Waals surface area contributed by atoms with Crippen molar-refractivity contribution < 1.29 is 32.2 Å². The monoisotopic (exact) mass is 437 g/mol. The number of alkyl halides is 2. The molecule has 2 aromatic rings. The molecule has 1 aliphatic rings. The Hall–Kier alpha value is -3.14. The lowest BCUT2D eigenvalue weighted by molar-refractivity contribution is -0.131. The van der Waals surface area contributed by atoms with Gasteiger partial charge in [-0.1, -0.05) is 13.0 Å². The zero-order valence-electron chi connectivity index (χ0n) is 17.1. The Bertz CT molecular complexity index is 1000. The summed E-state index contributed by atoms with van der Waals surface area (Å²) in [5.41, 5.74) is 4.87. The number of benzene rings is 1. The smallest absolute Gasteiger partial charge is 0.387 e. The van der Waals surface area contributed by atoms with Gasteiger partial charge < -0.3 is 20.5 Å². The van der Waals surface area contributed by atoms with Gasteiger partial charge in [0.2, 0.25) is 0 Å². The number of carbonyl (C=O) groups is 2. The first-order valence-corrected chi connectivity index (χ1v) is 9.48. The van der Waals surface area contributed by atoms with Crippen LogP contribution in [0.5, 0.6) is 5.75 Å². The van der Waals surface area contributed by atoms with Gasteiger partial charge in [0.15, 0.2) is 0 Å². The van der Waals surface area contributed by atoms with Crippen LogP contribution >= 0.6 is 0 Å². The molecule has 3 rings (SSSR count). The Morgan fingerprint density at radius 1 is 1.26 bits per heavy atom. The van der Waals surface area contributed by atoms with Gasteiger partial charge in [0, 0.05) is 29.4 Å². The van der Waals surface area contributed by atoms with Gasteiger partial charge in [0.05, 0.1) is 5.60 Å². The molecule has 7 nitrogen and oxygen atoms in total. The molecule has 10 heteroatoms. The van der Waals surface area contributed by atoms with Crippen molar-refractivity contribution in [3.63, 3.8) is 0 Å². The molecule has 166 valence electrons. The predicted octanol–water partition coefficient (Wildman–Crippen LogP) is 3.46. The van der Waals surface area contributed by atoms with Crippen molar-refractivity contribution in [2.75, 3.05) is 5.32 Å². The second kappa shape index (κ2) is 8.54. The van der Waals surface area contributed by atoms with E-state index < -0.39 is 41.9 Å². The molecule has 1 aromatic carbocycles. The van der Waals surface area contributed by atoms with Crippen molar-refractivity contribution >= 4 is 17.5 Å². The van der Waals surface area contributed by atoms with E-state index in [4.69, 9.17) is 10.5 Å². The molecule has 0 unspecified atom stereocenters. The second-order valence-corrected chi connectivity index (χ2v) is 7.80. The molecular formula is C21H22F3N3O4. The van der Waals surface area contributed by atoms with Crippen LogP contribution in [0, 0.1) is 11.7 Å². The molecular weight excluding hydrogens is 415 g/mol. The quantitative estimate of drug-likeness (QED) is 0.721. The van der Waals surface area contributed by atoms with Crippen LogP contribution in [0.15, 0.2) is 36.5 Å². The lowest BCUT2D eigenvalue weighted by Gasteiger charge is -2.26. The fraction of sp³-hybridized carbons (Fsp3) is 0.381. The summed E-state index contributed by atoms with van der Waals surface area (Å²) in [7, 11) is 0. The topological polar surface area (TPSA) is 104 Å². The van der Waals surface area contributed by atoms with Gasteiger partial charge in [-0.05, 0) is 38.0 Å². The van der Waals surface area contributed by atoms with E-state index in [2.05, 4.69) is 15.0 Å². The van der Waals surface area contributed by atoms with Gasteiger partial charge in [-0.3, -0.25) is 14.6 Å². The fourth-order valence-corrected chi connectivity index (χ4v) is 3.69. The molecule has 3 atom stereocenters. The molecule has 0 saturated carbocycles. The highest BCUT2D eigenvalue weighted by atomic mass is 19.3. The van der Waals surface area contributed by atoms with E-state index in [1.165, 1.54) is 24.4 Å².